The average Bonchev–Trinajstić information content (AvgIpc) is 2.99. The van der Waals surface area contributed by atoms with Gasteiger partial charge in [0.15, 0.2) is 0 Å². The second-order valence-corrected chi connectivity index (χ2v) is 8.60. The fourth-order valence-electron chi connectivity index (χ4n) is 3.97. The van der Waals surface area contributed by atoms with Gasteiger partial charge >= 0.3 is 0 Å². The lowest BCUT2D eigenvalue weighted by atomic mass is 9.99. The molecule has 0 spiro atoms. The van der Waals surface area contributed by atoms with E-state index >= 15 is 0 Å². The molecule has 0 bridgehead atoms. The maximum atomic E-state index is 4.95. The molecule has 3 rings (SSSR count). The molecule has 1 aliphatic heterocycles. The van der Waals surface area contributed by atoms with Crippen molar-refractivity contribution < 1.29 is 4.57 Å². The van der Waals surface area contributed by atoms with Gasteiger partial charge in [0.2, 0.25) is 0 Å². The number of aliphatic imine (C=N–C) groups is 2. The Morgan fingerprint density at radius 2 is 1.86 bits per heavy atom. The van der Waals surface area contributed by atoms with Gasteiger partial charge in [-0.1, -0.05) is 46.8 Å². The zero-order chi connectivity index (χ0) is 21.3. The van der Waals surface area contributed by atoms with Crippen molar-refractivity contribution in [3.63, 3.8) is 0 Å². The maximum Gasteiger partial charge on any atom is 0.289 e. The number of benzene rings is 1. The standard InChI is InChI=1S/C24H36N5/c1-9-18-11-12-19(13-20(18)24-28(8)14-17(7)29(24)10-2)23-26-21(15(3)4)25-22(27-23)16(5)6/h11-16,21H,9-10H2,1-8H3,(H,25,26,27)/q+1. The number of hydrogen-bond acceptors (Lipinski definition) is 3. The smallest absolute Gasteiger partial charge is 0.289 e. The minimum absolute atomic E-state index is 0.0317. The Morgan fingerprint density at radius 1 is 1.14 bits per heavy atom. The zero-order valence-corrected chi connectivity index (χ0v) is 19.2. The van der Waals surface area contributed by atoms with Crippen LogP contribution in [0.4, 0.5) is 0 Å². The molecule has 1 aliphatic rings. The Balaban J connectivity index is 2.13. The molecule has 5 heteroatoms. The highest BCUT2D eigenvalue weighted by Gasteiger charge is 2.25. The first-order chi connectivity index (χ1) is 13.8. The van der Waals surface area contributed by atoms with Crippen LogP contribution in [-0.2, 0) is 20.0 Å². The van der Waals surface area contributed by atoms with Gasteiger partial charge in [0.05, 0.1) is 19.2 Å². The van der Waals surface area contributed by atoms with Gasteiger partial charge in [0, 0.05) is 18.4 Å². The van der Waals surface area contributed by atoms with Crippen LogP contribution in [0.3, 0.4) is 0 Å². The largest absolute Gasteiger partial charge is 0.328 e. The van der Waals surface area contributed by atoms with Crippen molar-refractivity contribution in [3.05, 3.63) is 41.2 Å². The average molecular weight is 395 g/mol. The summed E-state index contributed by atoms with van der Waals surface area (Å²) in [7, 11) is 2.13. The summed E-state index contributed by atoms with van der Waals surface area (Å²) in [6.45, 7) is 16.3. The van der Waals surface area contributed by atoms with Crippen LogP contribution in [0.5, 0.6) is 0 Å². The normalized spacial score (nSPS) is 16.8. The first-order valence-corrected chi connectivity index (χ1v) is 10.9. The van der Waals surface area contributed by atoms with E-state index in [2.05, 4.69) is 94.4 Å². The molecule has 0 fully saturated rings. The summed E-state index contributed by atoms with van der Waals surface area (Å²) in [4.78, 5) is 9.77. The van der Waals surface area contributed by atoms with Gasteiger partial charge in [-0.25, -0.2) is 19.1 Å². The highest BCUT2D eigenvalue weighted by molar-refractivity contribution is 6.11. The van der Waals surface area contributed by atoms with Crippen LogP contribution >= 0.6 is 0 Å². The Labute approximate surface area is 175 Å². The summed E-state index contributed by atoms with van der Waals surface area (Å²) in [5.74, 6) is 3.91. The third-order valence-corrected chi connectivity index (χ3v) is 5.64. The summed E-state index contributed by atoms with van der Waals surface area (Å²) < 4.78 is 4.62. The van der Waals surface area contributed by atoms with Crippen molar-refractivity contribution >= 4 is 11.7 Å². The SMILES string of the molecule is CCc1ccc(C2=NC(C(C)C)N=C(C(C)C)N2)cc1-c1n(CC)c(C)c[n+]1C. The predicted octanol–water partition coefficient (Wildman–Crippen LogP) is 4.26. The summed E-state index contributed by atoms with van der Waals surface area (Å²) >= 11 is 0. The molecule has 0 radical (unpaired) electrons. The van der Waals surface area contributed by atoms with E-state index in [0.717, 1.165) is 30.2 Å². The van der Waals surface area contributed by atoms with Gasteiger partial charge in [0.25, 0.3) is 5.82 Å². The molecule has 1 N–H and O–H groups in total. The van der Waals surface area contributed by atoms with Gasteiger partial charge in [0.1, 0.15) is 29.7 Å². The number of nitrogens with zero attached hydrogens (tertiary/aromatic N) is 4. The van der Waals surface area contributed by atoms with Gasteiger partial charge < -0.3 is 5.32 Å². The molecule has 0 amide bonds. The van der Waals surface area contributed by atoms with E-state index in [1.165, 1.54) is 22.6 Å². The number of imidazole rings is 1. The molecule has 5 nitrogen and oxygen atoms in total. The molecule has 1 aromatic carbocycles. The molecule has 156 valence electrons. The summed E-state index contributed by atoms with van der Waals surface area (Å²) in [5, 5.41) is 3.51. The Kier molecular flexibility index (Phi) is 6.25. The summed E-state index contributed by atoms with van der Waals surface area (Å²) in [6.07, 6.45) is 3.17. The minimum atomic E-state index is -0.0317. The Morgan fingerprint density at radius 3 is 2.45 bits per heavy atom. The molecule has 2 heterocycles. The van der Waals surface area contributed by atoms with Crippen LogP contribution in [0.25, 0.3) is 11.4 Å². The molecule has 1 aromatic heterocycles. The zero-order valence-electron chi connectivity index (χ0n) is 19.2. The van der Waals surface area contributed by atoms with E-state index in [1.54, 1.807) is 0 Å². The van der Waals surface area contributed by atoms with Crippen LogP contribution in [-0.4, -0.2) is 22.4 Å². The van der Waals surface area contributed by atoms with Crippen molar-refractivity contribution in [2.45, 2.75) is 67.6 Å². The van der Waals surface area contributed by atoms with Crippen molar-refractivity contribution in [2.24, 2.45) is 28.9 Å². The van der Waals surface area contributed by atoms with Crippen LogP contribution < -0.4 is 9.88 Å². The topological polar surface area (TPSA) is 45.6 Å². The predicted molar refractivity (Wildman–Crippen MR) is 121 cm³/mol. The van der Waals surface area contributed by atoms with Crippen LogP contribution in [0, 0.1) is 18.8 Å². The lowest BCUT2D eigenvalue weighted by molar-refractivity contribution is -0.659. The summed E-state index contributed by atoms with van der Waals surface area (Å²) in [5.41, 5.74) is 5.03. The van der Waals surface area contributed by atoms with E-state index < -0.39 is 0 Å². The van der Waals surface area contributed by atoms with Crippen molar-refractivity contribution in [1.82, 2.24) is 9.88 Å². The monoisotopic (exact) mass is 394 g/mol. The van der Waals surface area contributed by atoms with E-state index in [1.807, 2.05) is 0 Å². The van der Waals surface area contributed by atoms with Gasteiger partial charge in [-0.3, -0.25) is 0 Å². The van der Waals surface area contributed by atoms with E-state index in [-0.39, 0.29) is 6.17 Å². The third-order valence-electron chi connectivity index (χ3n) is 5.64. The lowest BCUT2D eigenvalue weighted by Crippen LogP contribution is -2.40. The second kappa shape index (κ2) is 8.52. The minimum Gasteiger partial charge on any atom is -0.328 e. The van der Waals surface area contributed by atoms with Crippen molar-refractivity contribution in [3.8, 4) is 11.4 Å². The van der Waals surface area contributed by atoms with Gasteiger partial charge in [-0.05, 0) is 30.9 Å². The lowest BCUT2D eigenvalue weighted by Gasteiger charge is -2.25. The molecular formula is C24H36N5+. The molecule has 1 atom stereocenters. The quantitative estimate of drug-likeness (QED) is 0.731. The maximum absolute atomic E-state index is 4.95. The number of aryl methyl sites for hydroxylation is 3. The number of hydrogen-bond donors (Lipinski definition) is 1. The fraction of sp³-hybridized carbons (Fsp3) is 0.542. The Bertz CT molecular complexity index is 946. The fourth-order valence-corrected chi connectivity index (χ4v) is 3.97. The molecule has 29 heavy (non-hydrogen) atoms. The van der Waals surface area contributed by atoms with E-state index in [0.29, 0.717) is 11.8 Å². The van der Waals surface area contributed by atoms with Gasteiger partial charge in [-0.2, -0.15) is 0 Å². The van der Waals surface area contributed by atoms with Crippen LogP contribution in [0.15, 0.2) is 34.4 Å². The second-order valence-electron chi connectivity index (χ2n) is 8.60. The Hall–Kier alpha value is -2.43. The third kappa shape index (κ3) is 4.14. The first-order valence-electron chi connectivity index (χ1n) is 10.9. The number of aromatic nitrogens is 2. The highest BCUT2D eigenvalue weighted by Crippen LogP contribution is 2.26. The molecule has 0 saturated heterocycles. The summed E-state index contributed by atoms with van der Waals surface area (Å²) in [6, 6.07) is 6.75. The molecule has 0 saturated carbocycles. The number of rotatable bonds is 6. The highest BCUT2D eigenvalue weighted by atomic mass is 15.2. The molecule has 0 aliphatic carbocycles. The van der Waals surface area contributed by atoms with E-state index in [4.69, 9.17) is 9.98 Å². The molecular weight excluding hydrogens is 358 g/mol. The number of amidine groups is 2. The van der Waals surface area contributed by atoms with Crippen molar-refractivity contribution in [1.29, 1.82) is 0 Å². The first kappa shape index (κ1) is 21.3. The van der Waals surface area contributed by atoms with Crippen LogP contribution in [0.1, 0.15) is 58.4 Å². The molecule has 1 unspecified atom stereocenters. The van der Waals surface area contributed by atoms with Gasteiger partial charge in [-0.15, -0.1) is 0 Å². The van der Waals surface area contributed by atoms with E-state index in [9.17, 15) is 0 Å². The van der Waals surface area contributed by atoms with Crippen LogP contribution in [0.2, 0.25) is 0 Å². The number of nitrogens with one attached hydrogen (secondary N) is 1. The van der Waals surface area contributed by atoms with Crippen molar-refractivity contribution in [2.75, 3.05) is 0 Å². The molecule has 2 aromatic rings.